The second-order valence-electron chi connectivity index (χ2n) is 4.37. The number of hydrogen-bond donors (Lipinski definition) is 3. The molecular weight excluding hydrogens is 274 g/mol. The lowest BCUT2D eigenvalue weighted by atomic mass is 10.1. The fraction of sp³-hybridized carbons (Fsp3) is 0.143. The number of para-hydroxylation sites is 1. The molecule has 1 heterocycles. The molecule has 0 aliphatic rings. The third kappa shape index (κ3) is 3.53. The van der Waals surface area contributed by atoms with Gasteiger partial charge < -0.3 is 10.2 Å². The number of aromatic nitrogens is 1. The number of hydrazone groups is 1. The zero-order chi connectivity index (χ0) is 15.4. The van der Waals surface area contributed by atoms with Crippen molar-refractivity contribution in [3.63, 3.8) is 0 Å². The fourth-order valence-electron chi connectivity index (χ4n) is 1.83. The number of rotatable bonds is 5. The molecule has 0 radical (unpaired) electrons. The van der Waals surface area contributed by atoms with E-state index in [1.54, 1.807) is 13.0 Å². The van der Waals surface area contributed by atoms with E-state index in [0.717, 1.165) is 16.6 Å². The van der Waals surface area contributed by atoms with E-state index in [0.29, 0.717) is 5.69 Å². The predicted octanol–water partition coefficient (Wildman–Crippen LogP) is 1.87. The van der Waals surface area contributed by atoms with Crippen LogP contribution in [0, 0.1) is 6.92 Å². The highest BCUT2D eigenvalue weighted by Gasteiger charge is 2.14. The molecule has 7 nitrogen and oxygen atoms in total. The van der Waals surface area contributed by atoms with Gasteiger partial charge in [0.2, 0.25) is 0 Å². The Labute approximate surface area is 119 Å². The van der Waals surface area contributed by atoms with Crippen LogP contribution in [0.3, 0.4) is 0 Å². The number of carboxylic acid groups (broad SMARTS) is 2. The number of nitrogens with zero attached hydrogens (tertiary/aromatic N) is 2. The van der Waals surface area contributed by atoms with Crippen molar-refractivity contribution >= 4 is 34.2 Å². The highest BCUT2D eigenvalue weighted by molar-refractivity contribution is 6.38. The lowest BCUT2D eigenvalue weighted by Gasteiger charge is -2.07. The van der Waals surface area contributed by atoms with E-state index in [9.17, 15) is 9.59 Å². The molecule has 0 aliphatic carbocycles. The van der Waals surface area contributed by atoms with Crippen LogP contribution >= 0.6 is 0 Å². The molecule has 108 valence electrons. The van der Waals surface area contributed by atoms with Gasteiger partial charge in [0, 0.05) is 11.1 Å². The van der Waals surface area contributed by atoms with E-state index >= 15 is 0 Å². The van der Waals surface area contributed by atoms with E-state index in [-0.39, 0.29) is 0 Å². The van der Waals surface area contributed by atoms with Crippen molar-refractivity contribution in [3.8, 4) is 0 Å². The average molecular weight is 287 g/mol. The van der Waals surface area contributed by atoms with Gasteiger partial charge >= 0.3 is 11.9 Å². The van der Waals surface area contributed by atoms with E-state index in [4.69, 9.17) is 10.2 Å². The summed E-state index contributed by atoms with van der Waals surface area (Å²) in [5.41, 5.74) is 4.20. The minimum atomic E-state index is -1.38. The highest BCUT2D eigenvalue weighted by atomic mass is 16.4. The van der Waals surface area contributed by atoms with Crippen molar-refractivity contribution in [2.45, 2.75) is 13.3 Å². The van der Waals surface area contributed by atoms with E-state index < -0.39 is 24.1 Å². The SMILES string of the molecule is Cc1cc(N/N=C(/CC(=O)O)C(=O)O)c2ccccc2n1. The number of benzene rings is 1. The van der Waals surface area contributed by atoms with Gasteiger partial charge in [-0.15, -0.1) is 0 Å². The molecule has 0 spiro atoms. The van der Waals surface area contributed by atoms with Gasteiger partial charge in [-0.25, -0.2) is 4.79 Å². The smallest absolute Gasteiger partial charge is 0.352 e. The topological polar surface area (TPSA) is 112 Å². The third-order valence-corrected chi connectivity index (χ3v) is 2.72. The molecule has 1 aromatic heterocycles. The van der Waals surface area contributed by atoms with E-state index in [2.05, 4.69) is 15.5 Å². The standard InChI is InChI=1S/C14H13N3O4/c1-8-6-11(9-4-2-3-5-10(9)15-8)16-17-12(14(20)21)7-13(18)19/h2-6H,7H2,1H3,(H,15,16)(H,18,19)(H,20,21)/b17-12-. The van der Waals surface area contributed by atoms with Crippen LogP contribution in [-0.4, -0.2) is 32.8 Å². The molecule has 2 aromatic rings. The maximum atomic E-state index is 10.9. The molecule has 0 bridgehead atoms. The number of nitrogens with one attached hydrogen (secondary N) is 1. The van der Waals surface area contributed by atoms with Gasteiger partial charge in [-0.3, -0.25) is 15.2 Å². The molecule has 0 unspecified atom stereocenters. The normalized spacial score (nSPS) is 11.4. The molecule has 0 atom stereocenters. The summed E-state index contributed by atoms with van der Waals surface area (Å²) >= 11 is 0. The van der Waals surface area contributed by atoms with Gasteiger partial charge in [0.05, 0.1) is 17.6 Å². The Morgan fingerprint density at radius 3 is 2.67 bits per heavy atom. The fourth-order valence-corrected chi connectivity index (χ4v) is 1.83. The monoisotopic (exact) mass is 287 g/mol. The summed E-state index contributed by atoms with van der Waals surface area (Å²) in [6, 6.07) is 9.02. The molecule has 1 aromatic carbocycles. The van der Waals surface area contributed by atoms with Crippen LogP contribution in [0.4, 0.5) is 5.69 Å². The van der Waals surface area contributed by atoms with Gasteiger partial charge in [-0.05, 0) is 19.1 Å². The molecule has 3 N–H and O–H groups in total. The number of aryl methyl sites for hydroxylation is 1. The molecule has 0 fully saturated rings. The number of fused-ring (bicyclic) bond motifs is 1. The second-order valence-corrected chi connectivity index (χ2v) is 4.37. The van der Waals surface area contributed by atoms with Crippen LogP contribution < -0.4 is 5.43 Å². The summed E-state index contributed by atoms with van der Waals surface area (Å²) < 4.78 is 0. The van der Waals surface area contributed by atoms with Crippen LogP contribution in [0.1, 0.15) is 12.1 Å². The maximum absolute atomic E-state index is 10.9. The molecule has 0 amide bonds. The predicted molar refractivity (Wildman–Crippen MR) is 77.4 cm³/mol. The Balaban J connectivity index is 2.38. The zero-order valence-corrected chi connectivity index (χ0v) is 11.2. The van der Waals surface area contributed by atoms with Crippen LogP contribution in [0.25, 0.3) is 10.9 Å². The number of pyridine rings is 1. The summed E-state index contributed by atoms with van der Waals surface area (Å²) in [7, 11) is 0. The Morgan fingerprint density at radius 2 is 2.00 bits per heavy atom. The highest BCUT2D eigenvalue weighted by Crippen LogP contribution is 2.22. The van der Waals surface area contributed by atoms with Crippen molar-refractivity contribution in [1.29, 1.82) is 0 Å². The van der Waals surface area contributed by atoms with E-state index in [1.807, 2.05) is 24.3 Å². The molecule has 0 saturated heterocycles. The zero-order valence-electron chi connectivity index (χ0n) is 11.2. The Morgan fingerprint density at radius 1 is 1.29 bits per heavy atom. The maximum Gasteiger partial charge on any atom is 0.352 e. The summed E-state index contributed by atoms with van der Waals surface area (Å²) in [5, 5.41) is 22.0. The quantitative estimate of drug-likeness (QED) is 0.571. The molecule has 0 aliphatic heterocycles. The number of carboxylic acids is 2. The first-order chi connectivity index (χ1) is 9.97. The van der Waals surface area contributed by atoms with Crippen molar-refractivity contribution in [3.05, 3.63) is 36.0 Å². The Kier molecular flexibility index (Phi) is 4.13. The molecule has 7 heteroatoms. The number of carbonyl (C=O) groups is 2. The minimum absolute atomic E-state index is 0.471. The van der Waals surface area contributed by atoms with Crippen molar-refractivity contribution < 1.29 is 19.8 Å². The summed E-state index contributed by atoms with van der Waals surface area (Å²) in [6.45, 7) is 1.80. The average Bonchev–Trinajstić information content (AvgIpc) is 2.42. The van der Waals surface area contributed by atoms with Gasteiger partial charge in [0.15, 0.2) is 5.71 Å². The van der Waals surface area contributed by atoms with Gasteiger partial charge in [-0.2, -0.15) is 5.10 Å². The van der Waals surface area contributed by atoms with Crippen molar-refractivity contribution in [2.24, 2.45) is 5.10 Å². The van der Waals surface area contributed by atoms with Crippen molar-refractivity contribution in [2.75, 3.05) is 5.43 Å². The summed E-state index contributed by atoms with van der Waals surface area (Å²) in [6.07, 6.45) is -0.662. The summed E-state index contributed by atoms with van der Waals surface area (Å²) in [4.78, 5) is 25.9. The van der Waals surface area contributed by atoms with E-state index in [1.165, 1.54) is 0 Å². The molecule has 21 heavy (non-hydrogen) atoms. The first kappa shape index (κ1) is 14.4. The lowest BCUT2D eigenvalue weighted by Crippen LogP contribution is -2.18. The van der Waals surface area contributed by atoms with Gasteiger partial charge in [0.25, 0.3) is 0 Å². The Bertz CT molecular complexity index is 740. The van der Waals surface area contributed by atoms with Crippen LogP contribution in [-0.2, 0) is 9.59 Å². The van der Waals surface area contributed by atoms with Crippen molar-refractivity contribution in [1.82, 2.24) is 4.98 Å². The van der Waals surface area contributed by atoms with Gasteiger partial charge in [0.1, 0.15) is 0 Å². The van der Waals surface area contributed by atoms with Crippen LogP contribution in [0.5, 0.6) is 0 Å². The minimum Gasteiger partial charge on any atom is -0.481 e. The number of hydrogen-bond acceptors (Lipinski definition) is 5. The largest absolute Gasteiger partial charge is 0.481 e. The molecular formula is C14H13N3O4. The third-order valence-electron chi connectivity index (χ3n) is 2.72. The Hall–Kier alpha value is -2.96. The lowest BCUT2D eigenvalue weighted by molar-refractivity contribution is -0.137. The number of anilines is 1. The molecule has 2 rings (SSSR count). The van der Waals surface area contributed by atoms with Crippen LogP contribution in [0.15, 0.2) is 35.4 Å². The molecule has 0 saturated carbocycles. The van der Waals surface area contributed by atoms with Crippen LogP contribution in [0.2, 0.25) is 0 Å². The second kappa shape index (κ2) is 6.00. The first-order valence-corrected chi connectivity index (χ1v) is 6.11. The van der Waals surface area contributed by atoms with Gasteiger partial charge in [-0.1, -0.05) is 18.2 Å². The number of aliphatic carboxylic acids is 2. The summed E-state index contributed by atoms with van der Waals surface area (Å²) in [5.74, 6) is -2.63. The first-order valence-electron chi connectivity index (χ1n) is 6.11.